The van der Waals surface area contributed by atoms with Crippen molar-refractivity contribution in [2.45, 2.75) is 23.7 Å². The first-order valence-corrected chi connectivity index (χ1v) is 12.2. The van der Waals surface area contributed by atoms with E-state index in [-0.39, 0.29) is 18.5 Å². The van der Waals surface area contributed by atoms with Crippen LogP contribution in [0, 0.1) is 0 Å². The van der Waals surface area contributed by atoms with Crippen molar-refractivity contribution in [1.29, 1.82) is 0 Å². The highest BCUT2D eigenvalue weighted by Crippen LogP contribution is 2.41. The second-order valence-electron chi connectivity index (χ2n) is 7.11. The number of nitrogens with zero attached hydrogens (tertiary/aromatic N) is 2. The van der Waals surface area contributed by atoms with Crippen LogP contribution < -0.4 is 0 Å². The van der Waals surface area contributed by atoms with Crippen LogP contribution in [-0.2, 0) is 20.7 Å². The standard InChI is InChI=1S/C21H22Cl4N2O3S/c1-30-9-2-7-26(21(29)20(24)25)12-18(28)27-8-5-17-15(6-10-31-17)19(27)14-4-3-13(22)11-16(14)23/h3-4,6,10-11,19-20H,2,5,7-9,12H2,1H3. The highest BCUT2D eigenvalue weighted by molar-refractivity contribution is 7.10. The minimum atomic E-state index is -1.23. The Hall–Kier alpha value is -1.02. The van der Waals surface area contributed by atoms with Gasteiger partial charge in [0.2, 0.25) is 5.91 Å². The van der Waals surface area contributed by atoms with Gasteiger partial charge in [-0.3, -0.25) is 9.59 Å². The number of rotatable bonds is 8. The first-order chi connectivity index (χ1) is 14.8. The zero-order valence-electron chi connectivity index (χ0n) is 16.8. The van der Waals surface area contributed by atoms with E-state index in [1.54, 1.807) is 35.5 Å². The molecule has 0 spiro atoms. The number of alkyl halides is 2. The number of hydrogen-bond acceptors (Lipinski definition) is 4. The van der Waals surface area contributed by atoms with Crippen LogP contribution in [0.5, 0.6) is 0 Å². The molecule has 2 heterocycles. The largest absolute Gasteiger partial charge is 0.385 e. The van der Waals surface area contributed by atoms with E-state index in [4.69, 9.17) is 51.1 Å². The van der Waals surface area contributed by atoms with Gasteiger partial charge in [0.1, 0.15) is 0 Å². The third-order valence-electron chi connectivity index (χ3n) is 5.14. The molecule has 10 heteroatoms. The molecule has 2 aromatic rings. The van der Waals surface area contributed by atoms with E-state index in [2.05, 4.69) is 0 Å². The van der Waals surface area contributed by atoms with Crippen LogP contribution in [0.1, 0.15) is 28.5 Å². The van der Waals surface area contributed by atoms with Crippen molar-refractivity contribution in [2.75, 3.05) is 33.4 Å². The molecule has 0 saturated heterocycles. The van der Waals surface area contributed by atoms with Gasteiger partial charge < -0.3 is 14.5 Å². The highest BCUT2D eigenvalue weighted by Gasteiger charge is 2.35. The number of hydrogen-bond donors (Lipinski definition) is 0. The topological polar surface area (TPSA) is 49.9 Å². The summed E-state index contributed by atoms with van der Waals surface area (Å²) in [6.45, 7) is 1.16. The van der Waals surface area contributed by atoms with Crippen molar-refractivity contribution >= 4 is 69.6 Å². The summed E-state index contributed by atoms with van der Waals surface area (Å²) in [4.78, 5) is 29.0. The van der Waals surface area contributed by atoms with Gasteiger partial charge in [0.25, 0.3) is 5.91 Å². The number of carbonyl (C=O) groups excluding carboxylic acids is 2. The lowest BCUT2D eigenvalue weighted by molar-refractivity contribution is -0.141. The van der Waals surface area contributed by atoms with Gasteiger partial charge in [-0.05, 0) is 47.5 Å². The Balaban J connectivity index is 1.89. The number of methoxy groups -OCH3 is 1. The summed E-state index contributed by atoms with van der Waals surface area (Å²) < 4.78 is 5.06. The molecule has 1 aromatic carbocycles. The van der Waals surface area contributed by atoms with Gasteiger partial charge in [0, 0.05) is 41.7 Å². The molecule has 1 aliphatic heterocycles. The third-order valence-corrected chi connectivity index (χ3v) is 7.08. The van der Waals surface area contributed by atoms with Crippen LogP contribution in [0.15, 0.2) is 29.6 Å². The smallest absolute Gasteiger partial charge is 0.256 e. The Labute approximate surface area is 205 Å². The molecule has 1 aliphatic rings. The number of benzene rings is 1. The van der Waals surface area contributed by atoms with Gasteiger partial charge in [0.05, 0.1) is 12.6 Å². The van der Waals surface area contributed by atoms with E-state index in [0.29, 0.717) is 36.2 Å². The van der Waals surface area contributed by atoms with Crippen molar-refractivity contribution in [3.05, 3.63) is 55.7 Å². The molecule has 0 radical (unpaired) electrons. The maximum atomic E-state index is 13.4. The van der Waals surface area contributed by atoms with E-state index in [9.17, 15) is 9.59 Å². The molecule has 5 nitrogen and oxygen atoms in total. The normalized spacial score (nSPS) is 15.8. The second kappa shape index (κ2) is 11.2. The minimum Gasteiger partial charge on any atom is -0.385 e. The van der Waals surface area contributed by atoms with Crippen molar-refractivity contribution < 1.29 is 14.3 Å². The molecule has 0 bridgehead atoms. The predicted octanol–water partition coefficient (Wildman–Crippen LogP) is 5.20. The molecule has 3 rings (SSSR count). The Morgan fingerprint density at radius 2 is 2.03 bits per heavy atom. The predicted molar refractivity (Wildman–Crippen MR) is 127 cm³/mol. The van der Waals surface area contributed by atoms with Crippen molar-refractivity contribution in [2.24, 2.45) is 0 Å². The number of carbonyl (C=O) groups is 2. The lowest BCUT2D eigenvalue weighted by Gasteiger charge is -2.38. The summed E-state index contributed by atoms with van der Waals surface area (Å²) in [6, 6.07) is 6.94. The molecule has 2 amide bonds. The van der Waals surface area contributed by atoms with E-state index in [1.807, 2.05) is 17.5 Å². The van der Waals surface area contributed by atoms with Crippen LogP contribution in [0.3, 0.4) is 0 Å². The van der Waals surface area contributed by atoms with Crippen molar-refractivity contribution in [3.63, 3.8) is 0 Å². The molecule has 0 fully saturated rings. The SMILES string of the molecule is COCCCN(CC(=O)N1CCc2sccc2C1c1ccc(Cl)cc1Cl)C(=O)C(Cl)Cl. The van der Waals surface area contributed by atoms with Crippen LogP contribution in [-0.4, -0.2) is 59.8 Å². The molecule has 1 atom stereocenters. The van der Waals surface area contributed by atoms with Crippen LogP contribution in [0.4, 0.5) is 0 Å². The van der Waals surface area contributed by atoms with Gasteiger partial charge in [-0.1, -0.05) is 52.5 Å². The zero-order chi connectivity index (χ0) is 22.5. The maximum absolute atomic E-state index is 13.4. The number of thiophene rings is 1. The van der Waals surface area contributed by atoms with Crippen LogP contribution >= 0.6 is 57.7 Å². The molecule has 1 aromatic heterocycles. The van der Waals surface area contributed by atoms with E-state index in [0.717, 1.165) is 17.5 Å². The Morgan fingerprint density at radius 3 is 2.71 bits per heavy atom. The molecular formula is C21H22Cl4N2O3S. The Morgan fingerprint density at radius 1 is 1.26 bits per heavy atom. The first-order valence-electron chi connectivity index (χ1n) is 9.70. The summed E-state index contributed by atoms with van der Waals surface area (Å²) in [6.07, 6.45) is 1.31. The number of amides is 2. The average molecular weight is 524 g/mol. The molecule has 0 N–H and O–H groups in total. The average Bonchev–Trinajstić information content (AvgIpc) is 3.21. The van der Waals surface area contributed by atoms with E-state index in [1.165, 1.54) is 9.78 Å². The minimum absolute atomic E-state index is 0.125. The van der Waals surface area contributed by atoms with Gasteiger partial charge in [-0.25, -0.2) is 0 Å². The summed E-state index contributed by atoms with van der Waals surface area (Å²) in [7, 11) is 1.58. The molecule has 0 saturated carbocycles. The Bertz CT molecular complexity index is 937. The monoisotopic (exact) mass is 522 g/mol. The summed E-state index contributed by atoms with van der Waals surface area (Å²) in [5.74, 6) is -0.699. The van der Waals surface area contributed by atoms with Crippen molar-refractivity contribution in [3.8, 4) is 0 Å². The fourth-order valence-corrected chi connectivity index (χ4v) is 5.39. The quantitative estimate of drug-likeness (QED) is 0.353. The van der Waals surface area contributed by atoms with Gasteiger partial charge in [0.15, 0.2) is 4.84 Å². The fourth-order valence-electron chi connectivity index (χ4n) is 3.70. The van der Waals surface area contributed by atoms with Gasteiger partial charge in [-0.15, -0.1) is 11.3 Å². The number of ether oxygens (including phenoxy) is 1. The van der Waals surface area contributed by atoms with Gasteiger partial charge >= 0.3 is 0 Å². The molecule has 31 heavy (non-hydrogen) atoms. The molecular weight excluding hydrogens is 502 g/mol. The summed E-state index contributed by atoms with van der Waals surface area (Å²) >= 11 is 25.9. The third kappa shape index (κ3) is 5.86. The number of halogens is 4. The van der Waals surface area contributed by atoms with Crippen molar-refractivity contribution in [1.82, 2.24) is 9.80 Å². The lowest BCUT2D eigenvalue weighted by atomic mass is 9.93. The zero-order valence-corrected chi connectivity index (χ0v) is 20.7. The Kier molecular flexibility index (Phi) is 8.91. The summed E-state index contributed by atoms with van der Waals surface area (Å²) in [5, 5.41) is 3.03. The van der Waals surface area contributed by atoms with Crippen LogP contribution in [0.25, 0.3) is 0 Å². The first kappa shape index (κ1) is 24.6. The fraction of sp³-hybridized carbons (Fsp3) is 0.429. The van der Waals surface area contributed by atoms with Crippen LogP contribution in [0.2, 0.25) is 10.0 Å². The molecule has 0 aliphatic carbocycles. The summed E-state index contributed by atoms with van der Waals surface area (Å²) in [5.41, 5.74) is 1.84. The highest BCUT2D eigenvalue weighted by atomic mass is 35.5. The maximum Gasteiger partial charge on any atom is 0.256 e. The lowest BCUT2D eigenvalue weighted by Crippen LogP contribution is -2.48. The molecule has 1 unspecified atom stereocenters. The molecule has 168 valence electrons. The number of fused-ring (bicyclic) bond motifs is 1. The second-order valence-corrected chi connectivity index (χ2v) is 10.1. The van der Waals surface area contributed by atoms with E-state index >= 15 is 0 Å². The van der Waals surface area contributed by atoms with Gasteiger partial charge in [-0.2, -0.15) is 0 Å². The van der Waals surface area contributed by atoms with E-state index < -0.39 is 10.7 Å².